The van der Waals surface area contributed by atoms with Crippen LogP contribution in [-0.4, -0.2) is 36.1 Å². The van der Waals surface area contributed by atoms with Crippen LogP contribution in [0.25, 0.3) is 0 Å². The van der Waals surface area contributed by atoms with Crippen molar-refractivity contribution in [2.75, 3.05) is 7.11 Å². The van der Waals surface area contributed by atoms with E-state index in [-0.39, 0.29) is 6.42 Å². The Labute approximate surface area is 132 Å². The Hall–Kier alpha value is -2.31. The number of rotatable bonds is 6. The van der Waals surface area contributed by atoms with E-state index in [0.29, 0.717) is 10.5 Å². The number of amides is 1. The lowest BCUT2D eigenvalue weighted by Gasteiger charge is -2.35. The third kappa shape index (κ3) is 4.58. The van der Waals surface area contributed by atoms with Gasteiger partial charge in [-0.3, -0.25) is 4.79 Å². The van der Waals surface area contributed by atoms with Crippen LogP contribution in [0.3, 0.4) is 0 Å². The van der Waals surface area contributed by atoms with Crippen molar-refractivity contribution in [2.24, 2.45) is 0 Å². The van der Waals surface area contributed by atoms with Crippen LogP contribution < -0.4 is 0 Å². The summed E-state index contributed by atoms with van der Waals surface area (Å²) >= 11 is 0. The highest BCUT2D eigenvalue weighted by Gasteiger charge is 2.48. The molecule has 1 aromatic carbocycles. The first-order valence-electron chi connectivity index (χ1n) is 6.87. The topological polar surface area (TPSA) is 46.6 Å². The molecule has 0 aliphatic rings. The number of hydrogen-bond acceptors (Lipinski definition) is 3. The molecular formula is C16H18F3NO3. The molecule has 0 aliphatic carbocycles. The Morgan fingerprint density at radius 2 is 1.87 bits per heavy atom. The first kappa shape index (κ1) is 18.7. The zero-order valence-electron chi connectivity index (χ0n) is 12.8. The van der Waals surface area contributed by atoms with Gasteiger partial charge in [0.15, 0.2) is 0 Å². The smallest absolute Gasteiger partial charge is 0.467 e. The van der Waals surface area contributed by atoms with Gasteiger partial charge < -0.3 is 9.64 Å². The fraction of sp³-hybridized carbons (Fsp3) is 0.375. The van der Waals surface area contributed by atoms with E-state index in [2.05, 4.69) is 11.3 Å². The second-order valence-corrected chi connectivity index (χ2v) is 4.86. The van der Waals surface area contributed by atoms with Gasteiger partial charge in [0, 0.05) is 0 Å². The van der Waals surface area contributed by atoms with Crippen LogP contribution in [0.4, 0.5) is 13.2 Å². The van der Waals surface area contributed by atoms with Gasteiger partial charge in [-0.05, 0) is 18.9 Å². The number of ether oxygens (including phenoxy) is 1. The molecule has 1 rings (SSSR count). The number of nitrogens with zero attached hydrogens (tertiary/aromatic N) is 1. The van der Waals surface area contributed by atoms with Gasteiger partial charge in [-0.1, -0.05) is 36.4 Å². The number of hydrogen-bond donors (Lipinski definition) is 0. The molecule has 1 aromatic rings. The Morgan fingerprint density at radius 3 is 2.30 bits per heavy atom. The van der Waals surface area contributed by atoms with E-state index in [0.717, 1.165) is 7.11 Å². The van der Waals surface area contributed by atoms with Crippen molar-refractivity contribution < 1.29 is 27.5 Å². The van der Waals surface area contributed by atoms with Crippen molar-refractivity contribution in [3.05, 3.63) is 48.6 Å². The van der Waals surface area contributed by atoms with Crippen LogP contribution >= 0.6 is 0 Å². The summed E-state index contributed by atoms with van der Waals surface area (Å²) in [5, 5.41) is 0. The second-order valence-electron chi connectivity index (χ2n) is 4.86. The fourth-order valence-electron chi connectivity index (χ4n) is 2.24. The van der Waals surface area contributed by atoms with E-state index in [1.54, 1.807) is 30.3 Å². The SMILES string of the molecule is C=CC[C@H](C(=O)OC)N(C(=O)C(F)(F)F)[C@H](C)c1ccccc1. The first-order chi connectivity index (χ1) is 10.7. The van der Waals surface area contributed by atoms with E-state index in [4.69, 9.17) is 0 Å². The molecular weight excluding hydrogens is 311 g/mol. The summed E-state index contributed by atoms with van der Waals surface area (Å²) in [5.41, 5.74) is 0.475. The molecule has 0 fully saturated rings. The molecule has 0 unspecified atom stereocenters. The Kier molecular flexibility index (Phi) is 6.36. The lowest BCUT2D eigenvalue weighted by atomic mass is 10.0. The third-order valence-corrected chi connectivity index (χ3v) is 3.38. The summed E-state index contributed by atoms with van der Waals surface area (Å²) in [6, 6.07) is 5.79. The van der Waals surface area contributed by atoms with E-state index >= 15 is 0 Å². The van der Waals surface area contributed by atoms with Crippen molar-refractivity contribution in [2.45, 2.75) is 31.6 Å². The number of halogens is 3. The van der Waals surface area contributed by atoms with Crippen LogP contribution in [0, 0.1) is 0 Å². The molecule has 0 saturated carbocycles. The predicted molar refractivity (Wildman–Crippen MR) is 78.4 cm³/mol. The lowest BCUT2D eigenvalue weighted by Crippen LogP contribution is -2.51. The lowest BCUT2D eigenvalue weighted by molar-refractivity contribution is -0.192. The third-order valence-electron chi connectivity index (χ3n) is 3.38. The van der Waals surface area contributed by atoms with Gasteiger partial charge in [0.1, 0.15) is 6.04 Å². The number of carbonyl (C=O) groups excluding carboxylic acids is 2. The normalized spacial score (nSPS) is 13.8. The summed E-state index contributed by atoms with van der Waals surface area (Å²) in [6.07, 6.45) is -3.97. The number of carbonyl (C=O) groups is 2. The van der Waals surface area contributed by atoms with Gasteiger partial charge in [-0.25, -0.2) is 4.79 Å². The van der Waals surface area contributed by atoms with Gasteiger partial charge in [-0.2, -0.15) is 13.2 Å². The summed E-state index contributed by atoms with van der Waals surface area (Å²) in [7, 11) is 1.06. The molecule has 2 atom stereocenters. The molecule has 0 heterocycles. The average molecular weight is 329 g/mol. The zero-order chi connectivity index (χ0) is 17.6. The van der Waals surface area contributed by atoms with Gasteiger partial charge in [0.05, 0.1) is 13.2 Å². The minimum atomic E-state index is -5.10. The molecule has 23 heavy (non-hydrogen) atoms. The first-order valence-corrected chi connectivity index (χ1v) is 6.87. The molecule has 0 spiro atoms. The molecule has 0 saturated heterocycles. The summed E-state index contributed by atoms with van der Waals surface area (Å²) in [4.78, 5) is 24.3. The number of esters is 1. The van der Waals surface area contributed by atoms with Gasteiger partial charge in [-0.15, -0.1) is 6.58 Å². The molecule has 1 amide bonds. The molecule has 0 aromatic heterocycles. The highest BCUT2D eigenvalue weighted by atomic mass is 19.4. The van der Waals surface area contributed by atoms with Crippen molar-refractivity contribution in [3.8, 4) is 0 Å². The summed E-state index contributed by atoms with van der Waals surface area (Å²) in [5.74, 6) is -3.02. The van der Waals surface area contributed by atoms with E-state index in [9.17, 15) is 22.8 Å². The van der Waals surface area contributed by atoms with Crippen molar-refractivity contribution in [1.82, 2.24) is 4.90 Å². The van der Waals surface area contributed by atoms with E-state index in [1.807, 2.05) is 0 Å². The van der Waals surface area contributed by atoms with E-state index < -0.39 is 30.1 Å². The average Bonchev–Trinajstić information content (AvgIpc) is 2.53. The fourth-order valence-corrected chi connectivity index (χ4v) is 2.24. The molecule has 7 heteroatoms. The van der Waals surface area contributed by atoms with Gasteiger partial charge in [0.25, 0.3) is 0 Å². The summed E-state index contributed by atoms with van der Waals surface area (Å²) in [6.45, 7) is 4.85. The quantitative estimate of drug-likeness (QED) is 0.594. The zero-order valence-corrected chi connectivity index (χ0v) is 12.8. The number of alkyl halides is 3. The maximum atomic E-state index is 13.0. The predicted octanol–water partition coefficient (Wildman–Crippen LogP) is 3.26. The Balaban J connectivity index is 3.32. The highest BCUT2D eigenvalue weighted by molar-refractivity contribution is 5.88. The Bertz CT molecular complexity index is 557. The molecule has 0 aliphatic heterocycles. The number of methoxy groups -OCH3 is 1. The van der Waals surface area contributed by atoms with Crippen LogP contribution in [-0.2, 0) is 14.3 Å². The van der Waals surface area contributed by atoms with Crippen molar-refractivity contribution in [1.29, 1.82) is 0 Å². The minimum absolute atomic E-state index is 0.147. The number of benzene rings is 1. The molecule has 0 radical (unpaired) electrons. The minimum Gasteiger partial charge on any atom is -0.467 e. The maximum Gasteiger partial charge on any atom is 0.471 e. The maximum absolute atomic E-state index is 13.0. The van der Waals surface area contributed by atoms with Crippen LogP contribution in [0.5, 0.6) is 0 Å². The Morgan fingerprint density at radius 1 is 1.30 bits per heavy atom. The molecule has 0 bridgehead atoms. The standard InChI is InChI=1S/C16H18F3NO3/c1-4-8-13(14(21)23-3)20(15(22)16(17,18)19)11(2)12-9-6-5-7-10-12/h4-7,9-11,13H,1,8H2,2-3H3/t11-,13-/m1/s1. The molecule has 0 N–H and O–H groups in total. The van der Waals surface area contributed by atoms with Crippen LogP contribution in [0.2, 0.25) is 0 Å². The van der Waals surface area contributed by atoms with E-state index in [1.165, 1.54) is 13.0 Å². The summed E-state index contributed by atoms with van der Waals surface area (Å²) < 4.78 is 43.5. The highest BCUT2D eigenvalue weighted by Crippen LogP contribution is 2.30. The van der Waals surface area contributed by atoms with Gasteiger partial charge >= 0.3 is 18.1 Å². The monoisotopic (exact) mass is 329 g/mol. The van der Waals surface area contributed by atoms with Gasteiger partial charge in [0.2, 0.25) is 0 Å². The molecule has 126 valence electrons. The van der Waals surface area contributed by atoms with Crippen LogP contribution in [0.15, 0.2) is 43.0 Å². The van der Waals surface area contributed by atoms with Crippen molar-refractivity contribution >= 4 is 11.9 Å². The molecule has 4 nitrogen and oxygen atoms in total. The van der Waals surface area contributed by atoms with Crippen LogP contribution in [0.1, 0.15) is 24.9 Å². The van der Waals surface area contributed by atoms with Crippen molar-refractivity contribution in [3.63, 3.8) is 0 Å². The second kappa shape index (κ2) is 7.80. The largest absolute Gasteiger partial charge is 0.471 e.